The van der Waals surface area contributed by atoms with Gasteiger partial charge >= 0.3 is 12.3 Å². The normalized spacial score (nSPS) is 10.2. The number of fused-ring (bicyclic) bond motifs is 1. The molecule has 0 bridgehead atoms. The first-order valence-corrected chi connectivity index (χ1v) is 5.12. The molecule has 0 atom stereocenters. The van der Waals surface area contributed by atoms with Crippen molar-refractivity contribution >= 4 is 34.9 Å². The van der Waals surface area contributed by atoms with E-state index < -0.39 is 24.1 Å². The number of benzene rings is 1. The molecule has 0 radical (unpaired) electrons. The highest BCUT2D eigenvalue weighted by molar-refractivity contribution is 6.31. The second-order valence-electron chi connectivity index (χ2n) is 3.20. The molecule has 98 valence electrons. The smallest absolute Gasteiger partial charge is 0.449 e. The first-order valence-electron chi connectivity index (χ1n) is 4.74. The van der Waals surface area contributed by atoms with Crippen molar-refractivity contribution in [2.45, 2.75) is 0 Å². The predicted molar refractivity (Wildman–Crippen MR) is 61.9 cm³/mol. The Bertz CT molecular complexity index is 674. The Balaban J connectivity index is 2.58. The highest BCUT2D eigenvalue weighted by Gasteiger charge is 2.17. The minimum atomic E-state index is -1.68. The Kier molecular flexibility index (Phi) is 3.34. The first-order chi connectivity index (χ1) is 8.95. The van der Waals surface area contributed by atoms with E-state index in [4.69, 9.17) is 21.8 Å². The van der Waals surface area contributed by atoms with Gasteiger partial charge in [-0.05, 0) is 18.2 Å². The summed E-state index contributed by atoms with van der Waals surface area (Å²) in [6.07, 6.45) is -3.34. The molecule has 1 aromatic heterocycles. The van der Waals surface area contributed by atoms with Crippen molar-refractivity contribution in [3.63, 3.8) is 0 Å². The van der Waals surface area contributed by atoms with Gasteiger partial charge in [0.2, 0.25) is 0 Å². The molecule has 0 saturated carbocycles. The standard InChI is InChI=1S/C10H5ClN2O6/c11-4-1-2-5-6(3-4)13-8(19-10(16)17)7(12-5)18-9(14)15/h1-3H,(H,14,15)(H,16,17). The fourth-order valence-electron chi connectivity index (χ4n) is 1.29. The van der Waals surface area contributed by atoms with E-state index in [1.807, 2.05) is 0 Å². The van der Waals surface area contributed by atoms with E-state index in [2.05, 4.69) is 19.4 Å². The van der Waals surface area contributed by atoms with Crippen molar-refractivity contribution in [1.82, 2.24) is 9.97 Å². The van der Waals surface area contributed by atoms with E-state index >= 15 is 0 Å². The van der Waals surface area contributed by atoms with Crippen LogP contribution in [0.1, 0.15) is 0 Å². The third-order valence-corrected chi connectivity index (χ3v) is 2.17. The van der Waals surface area contributed by atoms with E-state index in [0.29, 0.717) is 5.02 Å². The number of carbonyl (C=O) groups is 2. The van der Waals surface area contributed by atoms with Gasteiger partial charge in [0.25, 0.3) is 11.8 Å². The fourth-order valence-corrected chi connectivity index (χ4v) is 1.46. The highest BCUT2D eigenvalue weighted by atomic mass is 35.5. The van der Waals surface area contributed by atoms with E-state index in [0.717, 1.165) is 0 Å². The molecule has 1 heterocycles. The second-order valence-corrected chi connectivity index (χ2v) is 3.64. The lowest BCUT2D eigenvalue weighted by atomic mass is 10.3. The SMILES string of the molecule is O=C(O)Oc1nc2ccc(Cl)cc2nc1OC(=O)O. The Morgan fingerprint density at radius 1 is 1.00 bits per heavy atom. The van der Waals surface area contributed by atoms with Crippen LogP contribution in [0.15, 0.2) is 18.2 Å². The zero-order valence-electron chi connectivity index (χ0n) is 9.03. The molecule has 1 aromatic carbocycles. The molecule has 2 N–H and O–H groups in total. The zero-order valence-corrected chi connectivity index (χ0v) is 9.79. The maximum absolute atomic E-state index is 10.5. The molecule has 0 spiro atoms. The molecule has 19 heavy (non-hydrogen) atoms. The lowest BCUT2D eigenvalue weighted by Gasteiger charge is -2.06. The van der Waals surface area contributed by atoms with Gasteiger partial charge in [-0.1, -0.05) is 11.6 Å². The maximum atomic E-state index is 10.5. The molecule has 8 nitrogen and oxygen atoms in total. The van der Waals surface area contributed by atoms with Crippen LogP contribution in [0.3, 0.4) is 0 Å². The summed E-state index contributed by atoms with van der Waals surface area (Å²) in [5, 5.41) is 17.4. The van der Waals surface area contributed by atoms with Crippen molar-refractivity contribution in [2.24, 2.45) is 0 Å². The minimum Gasteiger partial charge on any atom is -0.449 e. The summed E-state index contributed by atoms with van der Waals surface area (Å²) >= 11 is 5.75. The molecule has 0 amide bonds. The van der Waals surface area contributed by atoms with Gasteiger partial charge in [-0.15, -0.1) is 0 Å². The van der Waals surface area contributed by atoms with Crippen LogP contribution in [0.4, 0.5) is 9.59 Å². The Morgan fingerprint density at radius 2 is 1.53 bits per heavy atom. The third-order valence-electron chi connectivity index (χ3n) is 1.93. The van der Waals surface area contributed by atoms with Crippen LogP contribution in [-0.4, -0.2) is 32.5 Å². The fraction of sp³-hybridized carbons (Fsp3) is 0. The third kappa shape index (κ3) is 2.99. The molecule has 2 aromatic rings. The van der Waals surface area contributed by atoms with Crippen LogP contribution in [0.5, 0.6) is 11.8 Å². The number of carboxylic acid groups (broad SMARTS) is 2. The summed E-state index contributed by atoms with van der Waals surface area (Å²) in [6.45, 7) is 0. The minimum absolute atomic E-state index is 0.237. The lowest BCUT2D eigenvalue weighted by molar-refractivity contribution is 0.129. The van der Waals surface area contributed by atoms with Gasteiger partial charge in [-0.2, -0.15) is 0 Å². The van der Waals surface area contributed by atoms with Crippen LogP contribution < -0.4 is 9.47 Å². The van der Waals surface area contributed by atoms with Gasteiger partial charge in [-0.25, -0.2) is 19.6 Å². The summed E-state index contributed by atoms with van der Waals surface area (Å²) in [5.74, 6) is -1.14. The van der Waals surface area contributed by atoms with Gasteiger partial charge in [0.15, 0.2) is 0 Å². The van der Waals surface area contributed by atoms with Crippen LogP contribution in [0.25, 0.3) is 11.0 Å². The number of nitrogens with zero attached hydrogens (tertiary/aromatic N) is 2. The molecule has 0 aliphatic carbocycles. The van der Waals surface area contributed by atoms with E-state index in [1.54, 1.807) is 0 Å². The van der Waals surface area contributed by atoms with Crippen molar-refractivity contribution in [3.05, 3.63) is 23.2 Å². The van der Waals surface area contributed by atoms with Gasteiger partial charge < -0.3 is 19.7 Å². The van der Waals surface area contributed by atoms with Crippen LogP contribution >= 0.6 is 11.6 Å². The summed E-state index contributed by atoms with van der Waals surface area (Å²) in [7, 11) is 0. The summed E-state index contributed by atoms with van der Waals surface area (Å²) in [5.41, 5.74) is 0.514. The zero-order chi connectivity index (χ0) is 14.0. The summed E-state index contributed by atoms with van der Waals surface area (Å²) < 4.78 is 8.61. The quantitative estimate of drug-likeness (QED) is 0.807. The summed E-state index contributed by atoms with van der Waals surface area (Å²) in [6, 6.07) is 4.41. The number of hydrogen-bond acceptors (Lipinski definition) is 6. The van der Waals surface area contributed by atoms with Gasteiger partial charge in [0, 0.05) is 5.02 Å². The number of halogens is 1. The van der Waals surface area contributed by atoms with Crippen molar-refractivity contribution in [2.75, 3.05) is 0 Å². The topological polar surface area (TPSA) is 119 Å². The van der Waals surface area contributed by atoms with Crippen molar-refractivity contribution < 1.29 is 29.3 Å². The molecule has 0 aliphatic heterocycles. The van der Waals surface area contributed by atoms with Crippen molar-refractivity contribution in [3.8, 4) is 11.8 Å². The number of rotatable bonds is 2. The van der Waals surface area contributed by atoms with Crippen molar-refractivity contribution in [1.29, 1.82) is 0 Å². The largest absolute Gasteiger partial charge is 0.512 e. The molecule has 0 fully saturated rings. The predicted octanol–water partition coefficient (Wildman–Crippen LogP) is 2.40. The molecule has 2 rings (SSSR count). The summed E-state index contributed by atoms with van der Waals surface area (Å²) in [4.78, 5) is 28.6. The lowest BCUT2D eigenvalue weighted by Crippen LogP contribution is -2.11. The van der Waals surface area contributed by atoms with Gasteiger partial charge in [0.1, 0.15) is 0 Å². The monoisotopic (exact) mass is 284 g/mol. The molecule has 0 saturated heterocycles. The van der Waals surface area contributed by atoms with E-state index in [-0.39, 0.29) is 11.0 Å². The number of aromatic nitrogens is 2. The highest BCUT2D eigenvalue weighted by Crippen LogP contribution is 2.27. The number of hydrogen-bond donors (Lipinski definition) is 2. The van der Waals surface area contributed by atoms with Crippen LogP contribution in [0.2, 0.25) is 5.02 Å². The molecular formula is C10H5ClN2O6. The van der Waals surface area contributed by atoms with Gasteiger partial charge in [-0.3, -0.25) is 0 Å². The average Bonchev–Trinajstić information content (AvgIpc) is 2.28. The number of ether oxygens (including phenoxy) is 2. The Morgan fingerprint density at radius 3 is 2.05 bits per heavy atom. The van der Waals surface area contributed by atoms with E-state index in [1.165, 1.54) is 18.2 Å². The van der Waals surface area contributed by atoms with Crippen LogP contribution in [0, 0.1) is 0 Å². The Hall–Kier alpha value is -2.61. The molecule has 0 unspecified atom stereocenters. The molecular weight excluding hydrogens is 280 g/mol. The van der Waals surface area contributed by atoms with Gasteiger partial charge in [0.05, 0.1) is 11.0 Å². The second kappa shape index (κ2) is 4.94. The average molecular weight is 285 g/mol. The first kappa shape index (κ1) is 12.8. The van der Waals surface area contributed by atoms with E-state index in [9.17, 15) is 9.59 Å². The van der Waals surface area contributed by atoms with Crippen LogP contribution in [-0.2, 0) is 0 Å². The maximum Gasteiger partial charge on any atom is 0.512 e. The Labute approximate surface area is 110 Å². The molecule has 9 heteroatoms. The molecule has 0 aliphatic rings.